The van der Waals surface area contributed by atoms with Crippen molar-refractivity contribution in [2.24, 2.45) is 0 Å². The van der Waals surface area contributed by atoms with Gasteiger partial charge in [0.25, 0.3) is 0 Å². The summed E-state index contributed by atoms with van der Waals surface area (Å²) >= 11 is 1.42. The van der Waals surface area contributed by atoms with E-state index in [0.29, 0.717) is 28.4 Å². The fourth-order valence-corrected chi connectivity index (χ4v) is 6.15. The summed E-state index contributed by atoms with van der Waals surface area (Å²) in [6.45, 7) is 3.88. The fraction of sp³-hybridized carbons (Fsp3) is 0.0732. The van der Waals surface area contributed by atoms with Crippen LogP contribution >= 0.6 is 11.8 Å². The summed E-state index contributed by atoms with van der Waals surface area (Å²) in [5, 5.41) is 25.8. The maximum atomic E-state index is 11.2. The topological polar surface area (TPSA) is 206 Å². The van der Waals surface area contributed by atoms with Crippen molar-refractivity contribution in [3.05, 3.63) is 161 Å². The van der Waals surface area contributed by atoms with Gasteiger partial charge in [0.15, 0.2) is 5.82 Å². The van der Waals surface area contributed by atoms with Crippen molar-refractivity contribution in [1.82, 2.24) is 50.5 Å². The van der Waals surface area contributed by atoms with Gasteiger partial charge in [-0.1, -0.05) is 121 Å². The van der Waals surface area contributed by atoms with Crippen LogP contribution < -0.4 is 16.7 Å². The predicted octanol–water partition coefficient (Wildman–Crippen LogP) is 8.15. The third kappa shape index (κ3) is 9.58. The van der Waals surface area contributed by atoms with Gasteiger partial charge < -0.3 is 15.5 Å². The minimum absolute atomic E-state index is 0.166. The summed E-state index contributed by atoms with van der Waals surface area (Å²) in [6, 6.07) is 42.9. The Kier molecular flexibility index (Phi) is 11.6. The van der Waals surface area contributed by atoms with Crippen LogP contribution in [0.4, 0.5) is 17.6 Å². The van der Waals surface area contributed by atoms with Gasteiger partial charge in [-0.2, -0.15) is 20.1 Å². The van der Waals surface area contributed by atoms with Gasteiger partial charge in [-0.05, 0) is 37.6 Å². The summed E-state index contributed by atoms with van der Waals surface area (Å²) < 4.78 is 5.05. The molecule has 14 nitrogen and oxygen atoms in total. The Bertz CT molecular complexity index is 2680. The number of aromatic nitrogens is 10. The smallest absolute Gasteiger partial charge is 0.337 e. The number of nitrogens with one attached hydrogen (secondary N) is 4. The third-order valence-electron chi connectivity index (χ3n) is 8.07. The molecule has 15 heteroatoms. The Labute approximate surface area is 325 Å². The average Bonchev–Trinajstić information content (AvgIpc) is 3.99. The second-order valence-electron chi connectivity index (χ2n) is 12.2. The monoisotopic (exact) mass is 760 g/mol. The Morgan fingerprint density at radius 2 is 1.32 bits per heavy atom. The predicted molar refractivity (Wildman–Crippen MR) is 219 cm³/mol. The van der Waals surface area contributed by atoms with Crippen LogP contribution in [0, 0.1) is 13.8 Å². The molecule has 0 amide bonds. The quantitative estimate of drug-likeness (QED) is 0.0931. The molecule has 0 spiro atoms. The van der Waals surface area contributed by atoms with Crippen LogP contribution in [0.5, 0.6) is 0 Å². The summed E-state index contributed by atoms with van der Waals surface area (Å²) in [6.07, 6.45) is 0. The number of hydrogen-bond acceptors (Lipinski definition) is 12. The molecule has 0 unspecified atom stereocenters. The lowest BCUT2D eigenvalue weighted by Gasteiger charge is -2.06. The zero-order valence-electron chi connectivity index (χ0n) is 30.3. The zero-order chi connectivity index (χ0) is 38.7. The number of fused-ring (bicyclic) bond motifs is 1. The molecule has 0 aliphatic carbocycles. The highest BCUT2D eigenvalue weighted by Gasteiger charge is 2.13. The lowest BCUT2D eigenvalue weighted by molar-refractivity contribution is 0.547. The van der Waals surface area contributed by atoms with Gasteiger partial charge in [-0.25, -0.2) is 9.78 Å². The fourth-order valence-electron chi connectivity index (χ4n) is 5.50. The highest BCUT2D eigenvalue weighted by atomic mass is 32.2. The zero-order valence-corrected chi connectivity index (χ0v) is 31.2. The van der Waals surface area contributed by atoms with Crippen LogP contribution in [0.15, 0.2) is 148 Å². The number of para-hydroxylation sites is 1. The van der Waals surface area contributed by atoms with E-state index in [1.165, 1.54) is 17.8 Å². The number of anilines is 3. The number of benzene rings is 4. The highest BCUT2D eigenvalue weighted by molar-refractivity contribution is 7.98. The molecule has 6 N–H and O–H groups in total. The van der Waals surface area contributed by atoms with E-state index >= 15 is 0 Å². The van der Waals surface area contributed by atoms with Gasteiger partial charge >= 0.3 is 5.63 Å². The van der Waals surface area contributed by atoms with E-state index in [1.807, 2.05) is 129 Å². The first-order chi connectivity index (χ1) is 27.4. The molecule has 0 radical (unpaired) electrons. The molecule has 4 aromatic carbocycles. The first-order valence-electron chi connectivity index (χ1n) is 17.4. The Morgan fingerprint density at radius 1 is 0.679 bits per heavy atom. The SMILES string of the molecule is Cc1cc(-c2ccccc2)n[nH]1.Cc1cc(=O)oc2n[nH]c(-c3ccccc3)c12.Nc1nc(CSc2n[nH]c(-c3ccccc3)n2)nc(Nc2ccccc2)n1. The van der Waals surface area contributed by atoms with Gasteiger partial charge in [0.2, 0.25) is 22.8 Å². The van der Waals surface area contributed by atoms with Crippen molar-refractivity contribution in [3.63, 3.8) is 0 Å². The van der Waals surface area contributed by atoms with Crippen LogP contribution in [-0.2, 0) is 5.75 Å². The van der Waals surface area contributed by atoms with E-state index in [2.05, 4.69) is 68.0 Å². The van der Waals surface area contributed by atoms with Crippen molar-refractivity contribution in [1.29, 1.82) is 0 Å². The third-order valence-corrected chi connectivity index (χ3v) is 8.91. The van der Waals surface area contributed by atoms with Crippen LogP contribution in [0.25, 0.3) is 45.0 Å². The second kappa shape index (κ2) is 17.6. The maximum Gasteiger partial charge on any atom is 0.337 e. The summed E-state index contributed by atoms with van der Waals surface area (Å²) in [5.74, 6) is 2.32. The Balaban J connectivity index is 0.000000141. The van der Waals surface area contributed by atoms with E-state index < -0.39 is 0 Å². The molecule has 0 saturated heterocycles. The molecule has 9 rings (SSSR count). The molecule has 0 fully saturated rings. The highest BCUT2D eigenvalue weighted by Crippen LogP contribution is 2.27. The number of aromatic amines is 3. The molecule has 0 bridgehead atoms. The number of H-pyrrole nitrogens is 3. The van der Waals surface area contributed by atoms with Gasteiger partial charge in [-0.3, -0.25) is 15.3 Å². The molecular weight excluding hydrogens is 725 g/mol. The van der Waals surface area contributed by atoms with Gasteiger partial charge in [0, 0.05) is 34.1 Å². The number of aryl methyl sites for hydroxylation is 2. The van der Waals surface area contributed by atoms with Crippen molar-refractivity contribution in [2.75, 3.05) is 11.1 Å². The van der Waals surface area contributed by atoms with E-state index in [9.17, 15) is 4.79 Å². The van der Waals surface area contributed by atoms with E-state index in [4.69, 9.17) is 10.2 Å². The normalized spacial score (nSPS) is 10.6. The minimum atomic E-state index is -0.374. The molecule has 0 aliphatic heterocycles. The molecule has 9 aromatic rings. The molecule has 0 aliphatic rings. The van der Waals surface area contributed by atoms with Crippen LogP contribution in [0.2, 0.25) is 0 Å². The molecule has 56 heavy (non-hydrogen) atoms. The Morgan fingerprint density at radius 3 is 1.98 bits per heavy atom. The van der Waals surface area contributed by atoms with E-state index in [0.717, 1.165) is 56.2 Å². The maximum absolute atomic E-state index is 11.2. The van der Waals surface area contributed by atoms with E-state index in [1.54, 1.807) is 0 Å². The standard InChI is InChI=1S/C18H16N8S.C13H10N2O2.C10H10N2/c19-16-21-14(22-17(24-16)20-13-9-5-2-6-10-13)11-27-18-23-15(25-26-18)12-7-3-1-4-8-12;1-8-7-10(16)17-13-11(8)12(14-15-13)9-5-3-2-4-6-9;1-8-7-10(12-11-8)9-5-3-2-4-6-9/h1-10H,11H2,(H,23,25,26)(H3,19,20,21,22,24);2-7H,1H3,(H,14,15);2-7H,1H3,(H,11,12). The molecule has 5 heterocycles. The Hall–Kier alpha value is -7.39. The molecule has 5 aromatic heterocycles. The molecule has 278 valence electrons. The summed E-state index contributed by atoms with van der Waals surface area (Å²) in [5.41, 5.74) is 13.7. The lowest BCUT2D eigenvalue weighted by Crippen LogP contribution is -2.06. The van der Waals surface area contributed by atoms with E-state index in [-0.39, 0.29) is 11.6 Å². The van der Waals surface area contributed by atoms with Crippen molar-refractivity contribution >= 4 is 40.4 Å². The van der Waals surface area contributed by atoms with Crippen molar-refractivity contribution in [2.45, 2.75) is 24.8 Å². The van der Waals surface area contributed by atoms with Crippen LogP contribution in [0.3, 0.4) is 0 Å². The molecular formula is C41H36N12O2S. The number of hydrogen-bond donors (Lipinski definition) is 5. The van der Waals surface area contributed by atoms with Gasteiger partial charge in [0.05, 0.1) is 22.5 Å². The van der Waals surface area contributed by atoms with Gasteiger partial charge in [0.1, 0.15) is 5.82 Å². The first-order valence-corrected chi connectivity index (χ1v) is 18.4. The number of nitrogen functional groups attached to an aromatic ring is 1. The number of nitrogens with two attached hydrogens (primary N) is 1. The number of rotatable bonds is 8. The number of thioether (sulfide) groups is 1. The largest absolute Gasteiger partial charge is 0.402 e. The van der Waals surface area contributed by atoms with Crippen molar-refractivity contribution < 1.29 is 4.42 Å². The second-order valence-corrected chi connectivity index (χ2v) is 13.2. The molecule has 0 atom stereocenters. The minimum Gasteiger partial charge on any atom is -0.402 e. The molecule has 0 saturated carbocycles. The van der Waals surface area contributed by atoms with Gasteiger partial charge in [-0.15, -0.1) is 10.2 Å². The van der Waals surface area contributed by atoms with Crippen LogP contribution in [-0.4, -0.2) is 50.5 Å². The number of nitrogens with zero attached hydrogens (tertiary/aromatic N) is 7. The first kappa shape index (κ1) is 36.9. The summed E-state index contributed by atoms with van der Waals surface area (Å²) in [4.78, 5) is 28.4. The summed E-state index contributed by atoms with van der Waals surface area (Å²) in [7, 11) is 0. The van der Waals surface area contributed by atoms with Crippen LogP contribution in [0.1, 0.15) is 17.1 Å². The van der Waals surface area contributed by atoms with Crippen molar-refractivity contribution in [3.8, 4) is 33.9 Å². The lowest BCUT2D eigenvalue weighted by atomic mass is 10.1. The average molecular weight is 761 g/mol.